The first kappa shape index (κ1) is 20.0. The average Bonchev–Trinajstić information content (AvgIpc) is 2.62. The third-order valence-corrected chi connectivity index (χ3v) is 5.00. The van der Waals surface area contributed by atoms with Crippen LogP contribution in [0.1, 0.15) is 13.8 Å². The zero-order valence-electron chi connectivity index (χ0n) is 14.2. The molecule has 2 rings (SSSR count). The topological polar surface area (TPSA) is 93.7 Å². The van der Waals surface area contributed by atoms with Gasteiger partial charge in [0.15, 0.2) is 6.10 Å². The Bertz CT molecular complexity index is 856. The smallest absolute Gasteiger partial charge is 0.275 e. The molecule has 0 unspecified atom stereocenters. The van der Waals surface area contributed by atoms with Crippen molar-refractivity contribution in [3.63, 3.8) is 0 Å². The number of carbonyl (C=O) groups is 1. The predicted molar refractivity (Wildman–Crippen MR) is 97.6 cm³/mol. The lowest BCUT2D eigenvalue weighted by Crippen LogP contribution is -2.47. The fraction of sp³-hybridized carbons (Fsp3) is 0.235. The van der Waals surface area contributed by atoms with Gasteiger partial charge in [0.1, 0.15) is 16.4 Å². The highest BCUT2D eigenvalue weighted by Crippen LogP contribution is 2.20. The van der Waals surface area contributed by atoms with Gasteiger partial charge in [-0.05, 0) is 50.2 Å². The van der Waals surface area contributed by atoms with E-state index in [1.165, 1.54) is 25.1 Å². The maximum atomic E-state index is 12.2. The fourth-order valence-electron chi connectivity index (χ4n) is 1.98. The maximum Gasteiger partial charge on any atom is 0.275 e. The first-order valence-electron chi connectivity index (χ1n) is 7.79. The van der Waals surface area contributed by atoms with Crippen molar-refractivity contribution in [3.8, 4) is 11.5 Å². The lowest BCUT2D eigenvalue weighted by molar-refractivity contribution is -0.127. The molecule has 9 heteroatoms. The molecule has 1 atom stereocenters. The number of rotatable bonds is 8. The van der Waals surface area contributed by atoms with Crippen molar-refractivity contribution in [2.75, 3.05) is 6.61 Å². The molecule has 1 amide bonds. The summed E-state index contributed by atoms with van der Waals surface area (Å²) in [6, 6.07) is 12.6. The lowest BCUT2D eigenvalue weighted by atomic mass is 10.3. The van der Waals surface area contributed by atoms with Gasteiger partial charge in [0.2, 0.25) is 0 Å². The summed E-state index contributed by atoms with van der Waals surface area (Å²) in [6.45, 7) is 3.92. The van der Waals surface area contributed by atoms with Gasteiger partial charge in [0.25, 0.3) is 15.9 Å². The number of benzene rings is 2. The van der Waals surface area contributed by atoms with Gasteiger partial charge in [0, 0.05) is 0 Å². The minimum Gasteiger partial charge on any atom is -0.494 e. The first-order chi connectivity index (χ1) is 12.3. The Balaban J connectivity index is 1.93. The van der Waals surface area contributed by atoms with Crippen LogP contribution in [0.3, 0.4) is 0 Å². The summed E-state index contributed by atoms with van der Waals surface area (Å²) >= 11 is 5.86. The molecule has 0 fully saturated rings. The number of hydrazine groups is 1. The molecule has 0 bridgehead atoms. The number of nitrogens with one attached hydrogen (secondary N) is 2. The second-order valence-electron chi connectivity index (χ2n) is 5.19. The molecule has 0 aromatic heterocycles. The van der Waals surface area contributed by atoms with E-state index in [4.69, 9.17) is 21.1 Å². The summed E-state index contributed by atoms with van der Waals surface area (Å²) < 4.78 is 35.1. The SMILES string of the molecule is CCOc1ccc(O[C@H](C)C(=O)NNS(=O)(=O)c2ccccc2Cl)cc1. The molecule has 0 spiro atoms. The Kier molecular flexibility index (Phi) is 6.84. The van der Waals surface area contributed by atoms with Gasteiger partial charge in [0.05, 0.1) is 11.6 Å². The minimum absolute atomic E-state index is 0.0490. The van der Waals surface area contributed by atoms with Crippen LogP contribution in [0, 0.1) is 0 Å². The molecule has 0 aliphatic rings. The van der Waals surface area contributed by atoms with Gasteiger partial charge in [-0.15, -0.1) is 4.83 Å². The Hall–Kier alpha value is -2.29. The summed E-state index contributed by atoms with van der Waals surface area (Å²) in [5.74, 6) is 0.476. The van der Waals surface area contributed by atoms with Crippen molar-refractivity contribution in [1.82, 2.24) is 10.3 Å². The Morgan fingerprint density at radius 2 is 1.73 bits per heavy atom. The van der Waals surface area contributed by atoms with Crippen LogP contribution in [0.4, 0.5) is 0 Å². The summed E-state index contributed by atoms with van der Waals surface area (Å²) in [4.78, 5) is 13.9. The first-order valence-corrected chi connectivity index (χ1v) is 9.65. The van der Waals surface area contributed by atoms with Crippen LogP contribution >= 0.6 is 11.6 Å². The molecule has 2 N–H and O–H groups in total. The zero-order chi connectivity index (χ0) is 19.2. The highest BCUT2D eigenvalue weighted by atomic mass is 35.5. The van der Waals surface area contributed by atoms with Gasteiger partial charge in [-0.25, -0.2) is 8.42 Å². The van der Waals surface area contributed by atoms with Crippen LogP contribution in [0.25, 0.3) is 0 Å². The van der Waals surface area contributed by atoms with Crippen LogP contribution in [-0.2, 0) is 14.8 Å². The number of hydrogen-bond acceptors (Lipinski definition) is 5. The molecule has 0 saturated carbocycles. The number of sulfonamides is 1. The van der Waals surface area contributed by atoms with Gasteiger partial charge >= 0.3 is 0 Å². The van der Waals surface area contributed by atoms with Crippen LogP contribution in [0.15, 0.2) is 53.4 Å². The number of halogens is 1. The molecular formula is C17H19ClN2O5S. The Labute approximate surface area is 157 Å². The molecule has 140 valence electrons. The van der Waals surface area contributed by atoms with E-state index in [0.717, 1.165) is 0 Å². The highest BCUT2D eigenvalue weighted by Gasteiger charge is 2.21. The van der Waals surface area contributed by atoms with Crippen molar-refractivity contribution in [3.05, 3.63) is 53.6 Å². The van der Waals surface area contributed by atoms with E-state index in [0.29, 0.717) is 18.1 Å². The molecule has 2 aromatic carbocycles. The number of ether oxygens (including phenoxy) is 2. The summed E-state index contributed by atoms with van der Waals surface area (Å²) in [7, 11) is -3.99. The third-order valence-electron chi connectivity index (χ3n) is 3.25. The third kappa shape index (κ3) is 5.35. The quantitative estimate of drug-likeness (QED) is 0.666. The average molecular weight is 399 g/mol. The largest absolute Gasteiger partial charge is 0.494 e. The molecule has 0 aliphatic heterocycles. The number of hydrogen-bond donors (Lipinski definition) is 2. The van der Waals surface area contributed by atoms with Crippen molar-refractivity contribution in [2.45, 2.75) is 24.8 Å². The molecule has 7 nitrogen and oxygen atoms in total. The number of amides is 1. The molecule has 0 heterocycles. The normalized spacial score (nSPS) is 12.3. The zero-order valence-corrected chi connectivity index (χ0v) is 15.8. The van der Waals surface area contributed by atoms with Crippen molar-refractivity contribution < 1.29 is 22.7 Å². The van der Waals surface area contributed by atoms with Crippen molar-refractivity contribution >= 4 is 27.5 Å². The monoisotopic (exact) mass is 398 g/mol. The van der Waals surface area contributed by atoms with E-state index < -0.39 is 22.0 Å². The van der Waals surface area contributed by atoms with Crippen LogP contribution < -0.4 is 19.7 Å². The van der Waals surface area contributed by atoms with Gasteiger partial charge in [-0.3, -0.25) is 10.2 Å². The van der Waals surface area contributed by atoms with Crippen LogP contribution in [0.5, 0.6) is 11.5 Å². The van der Waals surface area contributed by atoms with Crippen LogP contribution in [-0.4, -0.2) is 27.0 Å². The van der Waals surface area contributed by atoms with Crippen molar-refractivity contribution in [2.24, 2.45) is 0 Å². The molecule has 0 aliphatic carbocycles. The Morgan fingerprint density at radius 3 is 2.35 bits per heavy atom. The van der Waals surface area contributed by atoms with Crippen LogP contribution in [0.2, 0.25) is 5.02 Å². The fourth-order valence-corrected chi connectivity index (χ4v) is 3.34. The standard InChI is InChI=1S/C17H19ClN2O5S/c1-3-24-13-8-10-14(11-9-13)25-12(2)17(21)19-20-26(22,23)16-7-5-4-6-15(16)18/h4-12,20H,3H2,1-2H3,(H,19,21)/t12-/m1/s1. The Morgan fingerprint density at radius 1 is 1.12 bits per heavy atom. The maximum absolute atomic E-state index is 12.2. The van der Waals surface area contributed by atoms with E-state index in [2.05, 4.69) is 5.43 Å². The van der Waals surface area contributed by atoms with E-state index in [1.807, 2.05) is 11.8 Å². The predicted octanol–water partition coefficient (Wildman–Crippen LogP) is 2.52. The molecule has 26 heavy (non-hydrogen) atoms. The second kappa shape index (κ2) is 8.88. The molecule has 2 aromatic rings. The summed E-state index contributed by atoms with van der Waals surface area (Å²) in [5, 5.41) is 0.0490. The van der Waals surface area contributed by atoms with Gasteiger partial charge in [-0.1, -0.05) is 23.7 Å². The van der Waals surface area contributed by atoms with Gasteiger partial charge in [-0.2, -0.15) is 0 Å². The second-order valence-corrected chi connectivity index (χ2v) is 7.25. The lowest BCUT2D eigenvalue weighted by Gasteiger charge is -2.16. The molecular weight excluding hydrogens is 380 g/mol. The van der Waals surface area contributed by atoms with Crippen molar-refractivity contribution in [1.29, 1.82) is 0 Å². The van der Waals surface area contributed by atoms with Gasteiger partial charge < -0.3 is 9.47 Å². The summed E-state index contributed by atoms with van der Waals surface area (Å²) in [5.41, 5.74) is 2.12. The summed E-state index contributed by atoms with van der Waals surface area (Å²) in [6.07, 6.45) is -0.929. The van der Waals surface area contributed by atoms with E-state index in [9.17, 15) is 13.2 Å². The van der Waals surface area contributed by atoms with E-state index >= 15 is 0 Å². The minimum atomic E-state index is -3.99. The molecule has 0 radical (unpaired) electrons. The highest BCUT2D eigenvalue weighted by molar-refractivity contribution is 7.89. The van der Waals surface area contributed by atoms with E-state index in [1.54, 1.807) is 30.3 Å². The van der Waals surface area contributed by atoms with E-state index in [-0.39, 0.29) is 9.92 Å². The molecule has 0 saturated heterocycles. The number of carbonyl (C=O) groups excluding carboxylic acids is 1.